The minimum absolute atomic E-state index is 0.0167. The van der Waals surface area contributed by atoms with Crippen LogP contribution in [0.2, 0.25) is 5.02 Å². The number of carbonyl (C=O) groups excluding carboxylic acids is 2. The van der Waals surface area contributed by atoms with Crippen LogP contribution in [-0.2, 0) is 11.2 Å². The number of hydrogen-bond acceptors (Lipinski definition) is 6. The quantitative estimate of drug-likeness (QED) is 0.287. The molecule has 0 saturated carbocycles. The number of halogens is 1. The Morgan fingerprint density at radius 2 is 1.56 bits per heavy atom. The first-order valence-electron chi connectivity index (χ1n) is 12.9. The molecule has 0 aliphatic carbocycles. The van der Waals surface area contributed by atoms with Crippen molar-refractivity contribution in [2.24, 2.45) is 0 Å². The second-order valence-electron chi connectivity index (χ2n) is 9.46. The number of amides is 2. The van der Waals surface area contributed by atoms with Crippen LogP contribution in [0, 0.1) is 0 Å². The van der Waals surface area contributed by atoms with Gasteiger partial charge in [0.15, 0.2) is 5.13 Å². The summed E-state index contributed by atoms with van der Waals surface area (Å²) in [7, 11) is 0. The number of anilines is 2. The third-order valence-electron chi connectivity index (χ3n) is 6.67. The van der Waals surface area contributed by atoms with Gasteiger partial charge in [0.05, 0.1) is 12.6 Å². The van der Waals surface area contributed by atoms with Crippen LogP contribution in [0.4, 0.5) is 10.8 Å². The first-order chi connectivity index (χ1) is 19.0. The van der Waals surface area contributed by atoms with E-state index in [1.165, 1.54) is 16.9 Å². The van der Waals surface area contributed by atoms with Crippen molar-refractivity contribution < 1.29 is 9.59 Å². The van der Waals surface area contributed by atoms with E-state index >= 15 is 0 Å². The first kappa shape index (κ1) is 26.9. The lowest BCUT2D eigenvalue weighted by atomic mass is 9.99. The Morgan fingerprint density at radius 1 is 0.897 bits per heavy atom. The fourth-order valence-corrected chi connectivity index (χ4v) is 5.42. The van der Waals surface area contributed by atoms with Gasteiger partial charge in [-0.1, -0.05) is 72.3 Å². The van der Waals surface area contributed by atoms with Crippen LogP contribution in [0.5, 0.6) is 0 Å². The smallest absolute Gasteiger partial charge is 0.273 e. The van der Waals surface area contributed by atoms with Gasteiger partial charge in [-0.05, 0) is 41.8 Å². The molecule has 0 bridgehead atoms. The summed E-state index contributed by atoms with van der Waals surface area (Å²) in [6.45, 7) is 2.67. The van der Waals surface area contributed by atoms with Crippen molar-refractivity contribution in [2.75, 3.05) is 38.0 Å². The zero-order valence-corrected chi connectivity index (χ0v) is 23.0. The lowest BCUT2D eigenvalue weighted by Crippen LogP contribution is -2.51. The highest BCUT2D eigenvalue weighted by Crippen LogP contribution is 2.23. The van der Waals surface area contributed by atoms with E-state index < -0.39 is 0 Å². The van der Waals surface area contributed by atoms with E-state index in [-0.39, 0.29) is 17.9 Å². The fourth-order valence-electron chi connectivity index (χ4n) is 4.59. The zero-order valence-electron chi connectivity index (χ0n) is 21.4. The molecule has 1 aromatic heterocycles. The molecule has 39 heavy (non-hydrogen) atoms. The largest absolute Gasteiger partial charge is 0.348 e. The van der Waals surface area contributed by atoms with Crippen LogP contribution in [-0.4, -0.2) is 59.3 Å². The van der Waals surface area contributed by atoms with Crippen molar-refractivity contribution in [3.63, 3.8) is 0 Å². The lowest BCUT2D eigenvalue weighted by molar-refractivity contribution is -0.123. The number of thiazole rings is 1. The number of piperazine rings is 1. The summed E-state index contributed by atoms with van der Waals surface area (Å²) in [6.07, 6.45) is 0.724. The van der Waals surface area contributed by atoms with E-state index in [0.717, 1.165) is 17.7 Å². The highest BCUT2D eigenvalue weighted by Gasteiger charge is 2.25. The Hall–Kier alpha value is -3.72. The predicted molar refractivity (Wildman–Crippen MR) is 157 cm³/mol. The van der Waals surface area contributed by atoms with Crippen LogP contribution in [0.3, 0.4) is 0 Å². The number of aromatic nitrogens is 1. The van der Waals surface area contributed by atoms with Crippen molar-refractivity contribution in [3.05, 3.63) is 112 Å². The van der Waals surface area contributed by atoms with Crippen LogP contribution in [0.25, 0.3) is 0 Å². The topological polar surface area (TPSA) is 77.6 Å². The molecule has 2 amide bonds. The van der Waals surface area contributed by atoms with Gasteiger partial charge in [-0.25, -0.2) is 4.98 Å². The van der Waals surface area contributed by atoms with Gasteiger partial charge in [-0.3, -0.25) is 14.5 Å². The molecule has 3 aromatic carbocycles. The Morgan fingerprint density at radius 3 is 2.26 bits per heavy atom. The summed E-state index contributed by atoms with van der Waals surface area (Å²) >= 11 is 7.33. The Kier molecular flexibility index (Phi) is 8.88. The number of hydrogen-bond donors (Lipinski definition) is 2. The second kappa shape index (κ2) is 12.9. The average Bonchev–Trinajstić information content (AvgIpc) is 3.43. The SMILES string of the molecule is O=C(CN1CCN(C(=O)c2csc(Nc3ccc(Cl)cc3)n2)CC1)N[C@H](Cc1ccccc1)c1ccccc1. The third kappa shape index (κ3) is 7.44. The predicted octanol–water partition coefficient (Wildman–Crippen LogP) is 5.40. The van der Waals surface area contributed by atoms with Crippen LogP contribution in [0.1, 0.15) is 27.7 Å². The van der Waals surface area contributed by atoms with Crippen molar-refractivity contribution in [3.8, 4) is 0 Å². The normalized spacial score (nSPS) is 14.5. The maximum Gasteiger partial charge on any atom is 0.273 e. The molecule has 200 valence electrons. The first-order valence-corrected chi connectivity index (χ1v) is 14.2. The van der Waals surface area contributed by atoms with Gasteiger partial charge < -0.3 is 15.5 Å². The van der Waals surface area contributed by atoms with E-state index in [0.29, 0.717) is 48.6 Å². The Labute approximate surface area is 237 Å². The van der Waals surface area contributed by atoms with Gasteiger partial charge >= 0.3 is 0 Å². The highest BCUT2D eigenvalue weighted by molar-refractivity contribution is 7.14. The molecule has 5 rings (SSSR count). The number of rotatable bonds is 9. The van der Waals surface area contributed by atoms with E-state index in [2.05, 4.69) is 32.7 Å². The highest BCUT2D eigenvalue weighted by atomic mass is 35.5. The molecule has 0 spiro atoms. The van der Waals surface area contributed by atoms with Crippen molar-refractivity contribution in [1.82, 2.24) is 20.1 Å². The molecule has 2 heterocycles. The van der Waals surface area contributed by atoms with E-state index in [9.17, 15) is 9.59 Å². The number of nitrogens with zero attached hydrogens (tertiary/aromatic N) is 3. The van der Waals surface area contributed by atoms with Gasteiger partial charge in [0, 0.05) is 42.3 Å². The molecule has 1 fully saturated rings. The number of carbonyl (C=O) groups is 2. The molecule has 1 atom stereocenters. The summed E-state index contributed by atoms with van der Waals surface area (Å²) < 4.78 is 0. The summed E-state index contributed by atoms with van der Waals surface area (Å²) in [4.78, 5) is 34.4. The molecular weight excluding hydrogens is 530 g/mol. The number of nitrogens with one attached hydrogen (secondary N) is 2. The molecule has 2 N–H and O–H groups in total. The maximum absolute atomic E-state index is 13.0. The monoisotopic (exact) mass is 559 g/mol. The van der Waals surface area contributed by atoms with Crippen LogP contribution >= 0.6 is 22.9 Å². The summed E-state index contributed by atoms with van der Waals surface area (Å²) in [5.41, 5.74) is 3.54. The standard InChI is InChI=1S/C30H30ClN5O2S/c31-24-11-13-25(14-12-24)32-30-34-27(21-39-30)29(38)36-17-15-35(16-18-36)20-28(37)33-26(23-9-5-2-6-10-23)19-22-7-3-1-4-8-22/h1-14,21,26H,15-20H2,(H,32,34)(H,33,37)/t26-/m1/s1. The molecule has 9 heteroatoms. The van der Waals surface area contributed by atoms with E-state index in [4.69, 9.17) is 11.6 Å². The van der Waals surface area contributed by atoms with Crippen molar-refractivity contribution >= 4 is 45.6 Å². The second-order valence-corrected chi connectivity index (χ2v) is 10.8. The van der Waals surface area contributed by atoms with Crippen LogP contribution < -0.4 is 10.6 Å². The maximum atomic E-state index is 13.0. The van der Waals surface area contributed by atoms with Gasteiger partial charge in [0.25, 0.3) is 5.91 Å². The molecule has 0 radical (unpaired) electrons. The Bertz CT molecular complexity index is 1370. The molecular formula is C30H30ClN5O2S. The Balaban J connectivity index is 1.12. The van der Waals surface area contributed by atoms with Crippen molar-refractivity contribution in [1.29, 1.82) is 0 Å². The molecule has 1 aliphatic heterocycles. The zero-order chi connectivity index (χ0) is 27.0. The lowest BCUT2D eigenvalue weighted by Gasteiger charge is -2.34. The number of benzene rings is 3. The third-order valence-corrected chi connectivity index (χ3v) is 7.68. The minimum atomic E-state index is -0.107. The fraction of sp³-hybridized carbons (Fsp3) is 0.233. The molecule has 1 saturated heterocycles. The average molecular weight is 560 g/mol. The van der Waals surface area contributed by atoms with Gasteiger partial charge in [0.1, 0.15) is 5.69 Å². The molecule has 4 aromatic rings. The summed E-state index contributed by atoms with van der Waals surface area (Å²) in [5.74, 6) is -0.108. The molecule has 1 aliphatic rings. The summed E-state index contributed by atoms with van der Waals surface area (Å²) in [5, 5.41) is 9.53. The van der Waals surface area contributed by atoms with Crippen LogP contribution in [0.15, 0.2) is 90.3 Å². The van der Waals surface area contributed by atoms with Gasteiger partial charge in [0.2, 0.25) is 5.91 Å². The van der Waals surface area contributed by atoms with Gasteiger partial charge in [-0.15, -0.1) is 11.3 Å². The van der Waals surface area contributed by atoms with Crippen molar-refractivity contribution in [2.45, 2.75) is 12.5 Å². The van der Waals surface area contributed by atoms with E-state index in [1.54, 1.807) is 22.4 Å². The minimum Gasteiger partial charge on any atom is -0.348 e. The molecule has 0 unspecified atom stereocenters. The molecule has 7 nitrogen and oxygen atoms in total. The van der Waals surface area contributed by atoms with E-state index in [1.807, 2.05) is 60.7 Å². The summed E-state index contributed by atoms with van der Waals surface area (Å²) in [6, 6.07) is 27.5. The van der Waals surface area contributed by atoms with Gasteiger partial charge in [-0.2, -0.15) is 0 Å².